The first-order valence-corrected chi connectivity index (χ1v) is 7.40. The maximum atomic E-state index is 12.4. The van der Waals surface area contributed by atoms with Gasteiger partial charge < -0.3 is 4.74 Å². The molecule has 0 saturated carbocycles. The molecule has 0 N–H and O–H groups in total. The van der Waals surface area contributed by atoms with E-state index in [1.165, 1.54) is 17.6 Å². The Morgan fingerprint density at radius 3 is 2.55 bits per heavy atom. The number of hydrogen-bond donors (Lipinski definition) is 0. The van der Waals surface area contributed by atoms with Crippen molar-refractivity contribution < 1.29 is 9.53 Å². The number of fused-ring (bicyclic) bond motifs is 1. The Labute approximate surface area is 135 Å². The Kier molecular flexibility index (Phi) is 3.81. The Balaban J connectivity index is 2.45. The Morgan fingerprint density at radius 2 is 1.86 bits per heavy atom. The maximum absolute atomic E-state index is 12.4. The lowest BCUT2D eigenvalue weighted by molar-refractivity contribution is 0.0603. The molecule has 3 rings (SSSR count). The van der Waals surface area contributed by atoms with Crippen LogP contribution in [0.2, 0.25) is 0 Å². The quantitative estimate of drug-likeness (QED) is 0.659. The van der Waals surface area contributed by atoms with Crippen molar-refractivity contribution in [1.82, 2.24) is 4.40 Å². The molecule has 0 saturated heterocycles. The predicted octanol–water partition coefficient (Wildman–Crippen LogP) is 3.52. The van der Waals surface area contributed by atoms with Crippen LogP contribution in [0.3, 0.4) is 0 Å². The lowest BCUT2D eigenvalue weighted by Gasteiger charge is -2.12. The van der Waals surface area contributed by atoms with Gasteiger partial charge in [0.15, 0.2) is 0 Å². The van der Waals surface area contributed by atoms with E-state index in [-0.39, 0.29) is 5.56 Å². The zero-order chi connectivity index (χ0) is 15.7. The number of nitrogens with zero attached hydrogens (tertiary/aromatic N) is 1. The second-order valence-corrected chi connectivity index (χ2v) is 5.65. The summed E-state index contributed by atoms with van der Waals surface area (Å²) >= 11 is 3.33. The van der Waals surface area contributed by atoms with E-state index in [0.29, 0.717) is 16.6 Å². The van der Waals surface area contributed by atoms with Gasteiger partial charge in [0.05, 0.1) is 18.2 Å². The van der Waals surface area contributed by atoms with Gasteiger partial charge in [-0.3, -0.25) is 9.20 Å². The average Bonchev–Trinajstić information content (AvgIpc) is 2.55. The number of halogens is 1. The topological polar surface area (TPSA) is 47.8 Å². The average molecular weight is 358 g/mol. The highest BCUT2D eigenvalue weighted by Crippen LogP contribution is 2.27. The summed E-state index contributed by atoms with van der Waals surface area (Å²) in [5.41, 5.74) is 2.05. The molecule has 2 heterocycles. The molecule has 1 aromatic carbocycles. The van der Waals surface area contributed by atoms with E-state index in [9.17, 15) is 9.59 Å². The summed E-state index contributed by atoms with van der Waals surface area (Å²) in [6.07, 6.45) is 1.64. The van der Waals surface area contributed by atoms with Crippen molar-refractivity contribution >= 4 is 27.4 Å². The molecule has 110 valence electrons. The number of carbonyl (C=O) groups is 1. The molecule has 3 aromatic rings. The Morgan fingerprint density at radius 1 is 1.14 bits per heavy atom. The van der Waals surface area contributed by atoms with Gasteiger partial charge in [-0.1, -0.05) is 30.3 Å². The monoisotopic (exact) mass is 357 g/mol. The van der Waals surface area contributed by atoms with E-state index >= 15 is 0 Å². The highest BCUT2D eigenvalue weighted by Gasteiger charge is 2.19. The van der Waals surface area contributed by atoms with Crippen LogP contribution in [-0.4, -0.2) is 17.5 Å². The van der Waals surface area contributed by atoms with Crippen LogP contribution in [-0.2, 0) is 4.74 Å². The summed E-state index contributed by atoms with van der Waals surface area (Å²) in [4.78, 5) is 24.6. The molecule has 0 aliphatic heterocycles. The molecule has 5 heteroatoms. The van der Waals surface area contributed by atoms with Gasteiger partial charge in [0.1, 0.15) is 0 Å². The van der Waals surface area contributed by atoms with Gasteiger partial charge in [0.25, 0.3) is 5.56 Å². The van der Waals surface area contributed by atoms with E-state index in [1.54, 1.807) is 18.3 Å². The standard InChI is InChI=1S/C17H12BrNO3/c1-22-17(21)16-13(11-5-3-2-4-6-11)9-15(20)19-10-12(18)7-8-14(16)19/h2-10H,1H3. The molecule has 2 aromatic heterocycles. The van der Waals surface area contributed by atoms with E-state index in [4.69, 9.17) is 4.74 Å². The number of hydrogen-bond acceptors (Lipinski definition) is 3. The summed E-state index contributed by atoms with van der Waals surface area (Å²) in [5, 5.41) is 0. The highest BCUT2D eigenvalue weighted by atomic mass is 79.9. The third-order valence-corrected chi connectivity index (χ3v) is 3.89. The van der Waals surface area contributed by atoms with Gasteiger partial charge in [-0.2, -0.15) is 0 Å². The fraction of sp³-hybridized carbons (Fsp3) is 0.0588. The molecule has 22 heavy (non-hydrogen) atoms. The number of pyridine rings is 2. The maximum Gasteiger partial charge on any atom is 0.340 e. The van der Waals surface area contributed by atoms with Crippen molar-refractivity contribution in [2.45, 2.75) is 0 Å². The van der Waals surface area contributed by atoms with Crippen molar-refractivity contribution in [3.63, 3.8) is 0 Å². The summed E-state index contributed by atoms with van der Waals surface area (Å²) < 4.78 is 7.10. The van der Waals surface area contributed by atoms with Crippen LogP contribution in [0.5, 0.6) is 0 Å². The van der Waals surface area contributed by atoms with Gasteiger partial charge in [-0.25, -0.2) is 4.79 Å². The van der Waals surface area contributed by atoms with Gasteiger partial charge >= 0.3 is 5.97 Å². The van der Waals surface area contributed by atoms with Crippen LogP contribution in [0.4, 0.5) is 0 Å². The van der Waals surface area contributed by atoms with E-state index in [1.807, 2.05) is 30.3 Å². The number of methoxy groups -OCH3 is 1. The largest absolute Gasteiger partial charge is 0.465 e. The summed E-state index contributed by atoms with van der Waals surface area (Å²) in [7, 11) is 1.33. The van der Waals surface area contributed by atoms with Crippen molar-refractivity contribution in [3.8, 4) is 11.1 Å². The molecule has 0 radical (unpaired) electrons. The smallest absolute Gasteiger partial charge is 0.340 e. The first-order valence-electron chi connectivity index (χ1n) is 6.60. The molecule has 0 spiro atoms. The zero-order valence-electron chi connectivity index (χ0n) is 11.7. The fourth-order valence-electron chi connectivity index (χ4n) is 2.43. The molecule has 0 aliphatic carbocycles. The summed E-state index contributed by atoms with van der Waals surface area (Å²) in [6, 6.07) is 14.3. The second kappa shape index (κ2) is 5.77. The first-order chi connectivity index (χ1) is 10.6. The molecular formula is C17H12BrNO3. The fourth-order valence-corrected chi connectivity index (χ4v) is 2.76. The minimum absolute atomic E-state index is 0.206. The van der Waals surface area contributed by atoms with Crippen LogP contribution < -0.4 is 5.56 Å². The van der Waals surface area contributed by atoms with Gasteiger partial charge in [-0.05, 0) is 33.6 Å². The molecule has 0 atom stereocenters. The van der Waals surface area contributed by atoms with Crippen molar-refractivity contribution in [1.29, 1.82) is 0 Å². The van der Waals surface area contributed by atoms with Crippen LogP contribution in [0.15, 0.2) is 64.0 Å². The van der Waals surface area contributed by atoms with E-state index < -0.39 is 5.97 Å². The number of benzene rings is 1. The Bertz CT molecular complexity index is 916. The molecule has 0 amide bonds. The molecule has 0 unspecified atom stereocenters. The van der Waals surface area contributed by atoms with Gasteiger partial charge in [-0.15, -0.1) is 0 Å². The summed E-state index contributed by atoms with van der Waals surface area (Å²) in [5.74, 6) is -0.473. The predicted molar refractivity (Wildman–Crippen MR) is 88.1 cm³/mol. The van der Waals surface area contributed by atoms with E-state index in [0.717, 1.165) is 10.0 Å². The molecule has 0 bridgehead atoms. The SMILES string of the molecule is COC(=O)c1c(-c2ccccc2)cc(=O)n2cc(Br)ccc12. The van der Waals surface area contributed by atoms with E-state index in [2.05, 4.69) is 15.9 Å². The van der Waals surface area contributed by atoms with Crippen molar-refractivity contribution in [2.75, 3.05) is 7.11 Å². The number of esters is 1. The Hall–Kier alpha value is -2.40. The highest BCUT2D eigenvalue weighted by molar-refractivity contribution is 9.10. The van der Waals surface area contributed by atoms with Gasteiger partial charge in [0, 0.05) is 22.3 Å². The number of rotatable bonds is 2. The normalized spacial score (nSPS) is 10.6. The van der Waals surface area contributed by atoms with Crippen molar-refractivity contribution in [3.05, 3.63) is 75.1 Å². The third-order valence-electron chi connectivity index (χ3n) is 3.42. The van der Waals surface area contributed by atoms with Crippen LogP contribution >= 0.6 is 15.9 Å². The second-order valence-electron chi connectivity index (χ2n) is 4.73. The molecular weight excluding hydrogens is 346 g/mol. The minimum atomic E-state index is -0.473. The zero-order valence-corrected chi connectivity index (χ0v) is 13.3. The van der Waals surface area contributed by atoms with Crippen molar-refractivity contribution in [2.24, 2.45) is 0 Å². The molecule has 4 nitrogen and oxygen atoms in total. The summed E-state index contributed by atoms with van der Waals surface area (Å²) in [6.45, 7) is 0. The third kappa shape index (κ3) is 2.44. The number of carbonyl (C=O) groups excluding carboxylic acids is 1. The van der Waals surface area contributed by atoms with Crippen LogP contribution in [0.1, 0.15) is 10.4 Å². The lowest BCUT2D eigenvalue weighted by Crippen LogP contribution is -2.18. The number of ether oxygens (including phenoxy) is 1. The number of aromatic nitrogens is 1. The lowest BCUT2D eigenvalue weighted by atomic mass is 9.99. The first kappa shape index (κ1) is 14.5. The van der Waals surface area contributed by atoms with Crippen LogP contribution in [0, 0.1) is 0 Å². The minimum Gasteiger partial charge on any atom is -0.465 e. The molecule has 0 fully saturated rings. The van der Waals surface area contributed by atoms with Crippen LogP contribution in [0.25, 0.3) is 16.6 Å². The molecule has 0 aliphatic rings. The van der Waals surface area contributed by atoms with Gasteiger partial charge in [0.2, 0.25) is 0 Å².